The summed E-state index contributed by atoms with van der Waals surface area (Å²) in [5.41, 5.74) is 3.36. The first kappa shape index (κ1) is 42.4. The zero-order chi connectivity index (χ0) is 41.5. The lowest BCUT2D eigenvalue weighted by Crippen LogP contribution is -2.18. The summed E-state index contributed by atoms with van der Waals surface area (Å²) < 4.78 is 55.0. The molecule has 1 unspecified atom stereocenters. The lowest BCUT2D eigenvalue weighted by Gasteiger charge is -2.16. The van der Waals surface area contributed by atoms with E-state index >= 15 is 0 Å². The number of hydrogen-bond acceptors (Lipinski definition) is 9. The van der Waals surface area contributed by atoms with Crippen LogP contribution in [-0.4, -0.2) is 46.3 Å². The number of hydrogen-bond donors (Lipinski definition) is 3. The Bertz CT molecular complexity index is 2300. The maximum Gasteiger partial charge on any atom is 0.416 e. The van der Waals surface area contributed by atoms with Gasteiger partial charge in [0.05, 0.1) is 36.6 Å². The number of aromatic nitrogens is 4. The summed E-state index contributed by atoms with van der Waals surface area (Å²) in [4.78, 5) is 32.7. The van der Waals surface area contributed by atoms with Crippen molar-refractivity contribution in [2.45, 2.75) is 52.4 Å². The fourth-order valence-electron chi connectivity index (χ4n) is 5.98. The number of nitrogens with one attached hydrogen (secondary N) is 3. The molecule has 302 valence electrons. The van der Waals surface area contributed by atoms with Crippen molar-refractivity contribution in [1.29, 1.82) is 0 Å². The van der Waals surface area contributed by atoms with Crippen LogP contribution < -0.4 is 20.1 Å². The first-order valence-electron chi connectivity index (χ1n) is 18.7. The van der Waals surface area contributed by atoms with Crippen molar-refractivity contribution in [2.24, 2.45) is 5.92 Å². The number of amides is 1. The van der Waals surface area contributed by atoms with Gasteiger partial charge in [-0.25, -0.2) is 9.97 Å². The van der Waals surface area contributed by atoms with Gasteiger partial charge in [-0.15, -0.1) is 0 Å². The maximum atomic E-state index is 13.0. The van der Waals surface area contributed by atoms with E-state index in [4.69, 9.17) is 14.2 Å². The molecular formula is C44H45F3N6O5. The summed E-state index contributed by atoms with van der Waals surface area (Å²) in [6, 6.07) is 25.3. The first-order chi connectivity index (χ1) is 28.1. The molecule has 1 atom stereocenters. The minimum absolute atomic E-state index is 0.0618. The number of alkyl halides is 3. The molecule has 14 heteroatoms. The van der Waals surface area contributed by atoms with Crippen LogP contribution in [0.15, 0.2) is 116 Å². The minimum atomic E-state index is -4.54. The Labute approximate surface area is 334 Å². The molecule has 3 aromatic heterocycles. The Balaban J connectivity index is 0.000000296. The van der Waals surface area contributed by atoms with Crippen LogP contribution in [0.5, 0.6) is 11.5 Å². The average Bonchev–Trinajstić information content (AvgIpc) is 3.71. The number of methoxy groups -OCH3 is 2. The van der Waals surface area contributed by atoms with E-state index in [0.717, 1.165) is 59.6 Å². The van der Waals surface area contributed by atoms with E-state index < -0.39 is 17.6 Å². The molecule has 0 saturated heterocycles. The van der Waals surface area contributed by atoms with Crippen LogP contribution in [0.1, 0.15) is 60.2 Å². The van der Waals surface area contributed by atoms with Crippen molar-refractivity contribution in [3.05, 3.63) is 138 Å². The molecule has 6 aromatic rings. The van der Waals surface area contributed by atoms with Gasteiger partial charge in [-0.3, -0.25) is 14.7 Å². The highest BCUT2D eigenvalue weighted by Gasteiger charge is 2.31. The van der Waals surface area contributed by atoms with Crippen molar-refractivity contribution in [3.8, 4) is 22.8 Å². The van der Waals surface area contributed by atoms with Crippen LogP contribution in [0.25, 0.3) is 22.2 Å². The molecule has 1 aliphatic carbocycles. The molecule has 7 rings (SSSR count). The van der Waals surface area contributed by atoms with Crippen molar-refractivity contribution in [2.75, 3.05) is 24.9 Å². The van der Waals surface area contributed by atoms with Gasteiger partial charge in [0.1, 0.15) is 35.4 Å². The third-order valence-corrected chi connectivity index (χ3v) is 8.99. The summed E-state index contributed by atoms with van der Waals surface area (Å²) in [5, 5.41) is 13.9. The fraction of sp³-hybridized carbons (Fsp3) is 0.250. The number of fused-ring (bicyclic) bond motifs is 1. The van der Waals surface area contributed by atoms with Crippen molar-refractivity contribution >= 4 is 34.4 Å². The number of carbonyl (C=O) groups is 2. The molecule has 3 heterocycles. The molecule has 3 aromatic carbocycles. The number of anilines is 2. The monoisotopic (exact) mass is 794 g/mol. The second-order valence-electron chi connectivity index (χ2n) is 12.7. The van der Waals surface area contributed by atoms with Crippen LogP contribution in [-0.2, 0) is 28.9 Å². The number of halogens is 3. The quantitative estimate of drug-likeness (QED) is 0.0864. The molecular weight excluding hydrogens is 750 g/mol. The number of rotatable bonds is 11. The highest BCUT2D eigenvalue weighted by atomic mass is 19.4. The molecule has 11 nitrogen and oxygen atoms in total. The van der Waals surface area contributed by atoms with Gasteiger partial charge in [-0.2, -0.15) is 18.3 Å². The van der Waals surface area contributed by atoms with Crippen LogP contribution in [0, 0.1) is 5.92 Å². The molecule has 0 spiro atoms. The molecule has 0 fully saturated rings. The van der Waals surface area contributed by atoms with E-state index in [-0.39, 0.29) is 23.3 Å². The predicted octanol–water partition coefficient (Wildman–Crippen LogP) is 10.0. The smallest absolute Gasteiger partial charge is 0.416 e. The maximum absolute atomic E-state index is 13.0. The van der Waals surface area contributed by atoms with E-state index in [0.29, 0.717) is 41.7 Å². The summed E-state index contributed by atoms with van der Waals surface area (Å²) in [6.45, 7) is 4.81. The van der Waals surface area contributed by atoms with Gasteiger partial charge in [0.15, 0.2) is 0 Å². The number of carbonyl (C=O) groups excluding carboxylic acids is 2. The Morgan fingerprint density at radius 2 is 1.64 bits per heavy atom. The largest absolute Gasteiger partial charge is 0.497 e. The summed E-state index contributed by atoms with van der Waals surface area (Å²) in [6.07, 6.45) is 5.04. The van der Waals surface area contributed by atoms with E-state index in [1.54, 1.807) is 56.8 Å². The van der Waals surface area contributed by atoms with Gasteiger partial charge >= 0.3 is 12.1 Å². The SMILES string of the molecule is CC.COc1ccc(CNc2nccc3[nH]nc(-c4ccc(C(=O)Nc5cc(C(F)(F)F)ccn5)cc4)c23)c(OC)c1.O=C(OCc1ccccc1)C1CC=CCC1. The number of pyridine rings is 2. The highest BCUT2D eigenvalue weighted by molar-refractivity contribution is 6.05. The lowest BCUT2D eigenvalue weighted by atomic mass is 9.95. The summed E-state index contributed by atoms with van der Waals surface area (Å²) in [5.74, 6) is 1.15. The third kappa shape index (κ3) is 11.2. The lowest BCUT2D eigenvalue weighted by molar-refractivity contribution is -0.150. The van der Waals surface area contributed by atoms with Gasteiger partial charge in [-0.1, -0.05) is 68.5 Å². The van der Waals surface area contributed by atoms with Crippen molar-refractivity contribution in [1.82, 2.24) is 20.2 Å². The molecule has 3 N–H and O–H groups in total. The van der Waals surface area contributed by atoms with Gasteiger partial charge in [0, 0.05) is 41.7 Å². The molecule has 0 saturated carbocycles. The number of allylic oxidation sites excluding steroid dienone is 2. The third-order valence-electron chi connectivity index (χ3n) is 8.99. The standard InChI is InChI=1S/C28H23F3N6O3.C14H16O2.C2H6/c1-39-20-8-7-18(22(14-20)40-2)15-34-26-24-21(10-12-33-26)36-37-25(24)16-3-5-17(6-4-16)27(38)35-23-13-19(9-11-32-23)28(29,30)31;15-14(13-9-5-2-6-10-13)16-11-12-7-3-1-4-8-12;1-2/h3-14H,15H2,1-2H3,(H,33,34)(H,36,37)(H,32,35,38);1-5,7-8,13H,6,9-11H2;1-2H3. The summed E-state index contributed by atoms with van der Waals surface area (Å²) in [7, 11) is 3.18. The van der Waals surface area contributed by atoms with E-state index in [9.17, 15) is 22.8 Å². The normalized spacial score (nSPS) is 13.3. The molecule has 58 heavy (non-hydrogen) atoms. The fourth-order valence-corrected chi connectivity index (χ4v) is 5.98. The average molecular weight is 795 g/mol. The Kier molecular flexibility index (Phi) is 15.0. The van der Waals surface area contributed by atoms with E-state index in [2.05, 4.69) is 43.0 Å². The number of ether oxygens (including phenoxy) is 3. The highest BCUT2D eigenvalue weighted by Crippen LogP contribution is 2.33. The van der Waals surface area contributed by atoms with Crippen LogP contribution >= 0.6 is 0 Å². The zero-order valence-electron chi connectivity index (χ0n) is 32.6. The Morgan fingerprint density at radius 1 is 0.879 bits per heavy atom. The van der Waals surface area contributed by atoms with Crippen molar-refractivity contribution < 1.29 is 37.0 Å². The Morgan fingerprint density at radius 3 is 2.33 bits per heavy atom. The molecule has 0 radical (unpaired) electrons. The van der Waals surface area contributed by atoms with Crippen molar-refractivity contribution in [3.63, 3.8) is 0 Å². The van der Waals surface area contributed by atoms with Gasteiger partial charge in [-0.05, 0) is 67.3 Å². The number of benzene rings is 3. The van der Waals surface area contributed by atoms with Gasteiger partial charge < -0.3 is 24.8 Å². The number of H-pyrrole nitrogens is 1. The first-order valence-corrected chi connectivity index (χ1v) is 18.7. The van der Waals surface area contributed by atoms with Gasteiger partial charge in [0.2, 0.25) is 0 Å². The summed E-state index contributed by atoms with van der Waals surface area (Å²) >= 11 is 0. The van der Waals surface area contributed by atoms with E-state index in [1.807, 2.05) is 56.3 Å². The topological polar surface area (TPSA) is 140 Å². The predicted molar refractivity (Wildman–Crippen MR) is 217 cm³/mol. The second kappa shape index (κ2) is 20.5. The Hall–Kier alpha value is -6.70. The number of nitrogens with zero attached hydrogens (tertiary/aromatic N) is 3. The molecule has 1 aliphatic rings. The molecule has 1 amide bonds. The van der Waals surface area contributed by atoms with Crippen LogP contribution in [0.2, 0.25) is 0 Å². The molecule has 0 bridgehead atoms. The van der Waals surface area contributed by atoms with Gasteiger partial charge in [0.25, 0.3) is 5.91 Å². The minimum Gasteiger partial charge on any atom is -0.497 e. The zero-order valence-corrected chi connectivity index (χ0v) is 32.6. The second-order valence-corrected chi connectivity index (χ2v) is 12.7. The van der Waals surface area contributed by atoms with E-state index in [1.165, 1.54) is 0 Å². The van der Waals surface area contributed by atoms with Crippen LogP contribution in [0.3, 0.4) is 0 Å². The van der Waals surface area contributed by atoms with Crippen LogP contribution in [0.4, 0.5) is 24.8 Å². The number of esters is 1. The number of aromatic amines is 1. The molecule has 0 aliphatic heterocycles.